The highest BCUT2D eigenvalue weighted by atomic mass is 32.1. The van der Waals surface area contributed by atoms with Gasteiger partial charge in [-0.05, 0) is 6.92 Å². The fourth-order valence-electron chi connectivity index (χ4n) is 1.72. The molecule has 2 heterocycles. The lowest BCUT2D eigenvalue weighted by Crippen LogP contribution is -1.87. The Balaban J connectivity index is 1.99. The number of nitrogen functional groups attached to an aromatic ring is 1. The minimum absolute atomic E-state index is 0.555. The molecule has 18 heavy (non-hydrogen) atoms. The molecule has 0 radical (unpaired) electrons. The first kappa shape index (κ1) is 11.0. The number of nitrogens with one attached hydrogen (secondary N) is 1. The van der Waals surface area contributed by atoms with Crippen molar-refractivity contribution in [2.45, 2.75) is 6.92 Å². The minimum Gasteiger partial charge on any atom is -0.383 e. The number of nitrogens with two attached hydrogens (primary N) is 1. The Morgan fingerprint density at radius 1 is 1.22 bits per heavy atom. The van der Waals surface area contributed by atoms with E-state index in [1.165, 1.54) is 5.56 Å². The van der Waals surface area contributed by atoms with Crippen LogP contribution in [0, 0.1) is 6.92 Å². The Labute approximate surface area is 109 Å². The molecule has 0 spiro atoms. The molecule has 3 rings (SSSR count). The monoisotopic (exact) mass is 256 g/mol. The van der Waals surface area contributed by atoms with Crippen molar-refractivity contribution >= 4 is 17.2 Å². The molecule has 0 aliphatic rings. The van der Waals surface area contributed by atoms with Crippen LogP contribution < -0.4 is 5.73 Å². The van der Waals surface area contributed by atoms with Crippen molar-refractivity contribution in [2.75, 3.05) is 5.73 Å². The summed E-state index contributed by atoms with van der Waals surface area (Å²) in [6.45, 7) is 2.07. The van der Waals surface area contributed by atoms with E-state index in [0.29, 0.717) is 5.82 Å². The molecular formula is C13H12N4S. The van der Waals surface area contributed by atoms with Crippen LogP contribution in [0.2, 0.25) is 0 Å². The van der Waals surface area contributed by atoms with Gasteiger partial charge in [-0.3, -0.25) is 5.10 Å². The van der Waals surface area contributed by atoms with Gasteiger partial charge in [-0.1, -0.05) is 29.8 Å². The van der Waals surface area contributed by atoms with Gasteiger partial charge in [0, 0.05) is 10.9 Å². The van der Waals surface area contributed by atoms with Crippen molar-refractivity contribution in [3.8, 4) is 21.8 Å². The van der Waals surface area contributed by atoms with Gasteiger partial charge in [0.25, 0.3) is 0 Å². The average molecular weight is 256 g/mol. The normalized spacial score (nSPS) is 10.7. The Kier molecular flexibility index (Phi) is 2.60. The number of anilines is 1. The van der Waals surface area contributed by atoms with Gasteiger partial charge in [-0.2, -0.15) is 5.10 Å². The smallest absolute Gasteiger partial charge is 0.129 e. The third-order valence-electron chi connectivity index (χ3n) is 2.75. The Bertz CT molecular complexity index is 666. The van der Waals surface area contributed by atoms with Crippen molar-refractivity contribution in [3.05, 3.63) is 41.4 Å². The van der Waals surface area contributed by atoms with Crippen LogP contribution in [0.1, 0.15) is 5.56 Å². The summed E-state index contributed by atoms with van der Waals surface area (Å²) in [5.41, 5.74) is 9.98. The van der Waals surface area contributed by atoms with Crippen LogP contribution >= 0.6 is 11.3 Å². The lowest BCUT2D eigenvalue weighted by Gasteiger charge is -1.97. The minimum atomic E-state index is 0.555. The SMILES string of the molecule is Cc1ccc(-c2csc(-c3cn[nH]c3N)n2)cc1. The molecule has 0 bridgehead atoms. The summed E-state index contributed by atoms with van der Waals surface area (Å²) in [5, 5.41) is 9.55. The highest BCUT2D eigenvalue weighted by Gasteiger charge is 2.10. The molecule has 0 aliphatic heterocycles. The number of aryl methyl sites for hydroxylation is 1. The van der Waals surface area contributed by atoms with Crippen molar-refractivity contribution in [3.63, 3.8) is 0 Å². The van der Waals surface area contributed by atoms with Crippen molar-refractivity contribution in [2.24, 2.45) is 0 Å². The molecular weight excluding hydrogens is 244 g/mol. The molecule has 5 heteroatoms. The number of nitrogens with zero attached hydrogens (tertiary/aromatic N) is 2. The van der Waals surface area contributed by atoms with E-state index in [1.807, 2.05) is 5.38 Å². The first-order valence-corrected chi connectivity index (χ1v) is 6.44. The van der Waals surface area contributed by atoms with Crippen LogP contribution in [0.4, 0.5) is 5.82 Å². The maximum atomic E-state index is 5.79. The largest absolute Gasteiger partial charge is 0.383 e. The van der Waals surface area contributed by atoms with Crippen LogP contribution in [-0.2, 0) is 0 Å². The van der Waals surface area contributed by atoms with Crippen LogP contribution in [0.15, 0.2) is 35.8 Å². The van der Waals surface area contributed by atoms with Gasteiger partial charge in [-0.15, -0.1) is 11.3 Å². The number of hydrogen-bond donors (Lipinski definition) is 2. The highest BCUT2D eigenvalue weighted by molar-refractivity contribution is 7.13. The van der Waals surface area contributed by atoms with Gasteiger partial charge < -0.3 is 5.73 Å². The number of hydrogen-bond acceptors (Lipinski definition) is 4. The third-order valence-corrected chi connectivity index (χ3v) is 3.63. The topological polar surface area (TPSA) is 67.6 Å². The molecule has 90 valence electrons. The second-order valence-electron chi connectivity index (χ2n) is 4.10. The summed E-state index contributed by atoms with van der Waals surface area (Å²) < 4.78 is 0. The number of aromatic nitrogens is 3. The number of thiazole rings is 1. The fraction of sp³-hybridized carbons (Fsp3) is 0.0769. The zero-order valence-electron chi connectivity index (χ0n) is 9.84. The van der Waals surface area contributed by atoms with Crippen LogP contribution in [0.5, 0.6) is 0 Å². The second-order valence-corrected chi connectivity index (χ2v) is 4.96. The first-order chi connectivity index (χ1) is 8.74. The third kappa shape index (κ3) is 1.89. The van der Waals surface area contributed by atoms with Crippen molar-refractivity contribution in [1.29, 1.82) is 0 Å². The molecule has 3 aromatic rings. The predicted molar refractivity (Wildman–Crippen MR) is 74.3 cm³/mol. The highest BCUT2D eigenvalue weighted by Crippen LogP contribution is 2.30. The summed E-state index contributed by atoms with van der Waals surface area (Å²) in [5.74, 6) is 0.555. The number of benzene rings is 1. The predicted octanol–water partition coefficient (Wildman–Crippen LogP) is 3.09. The number of aromatic amines is 1. The van der Waals surface area contributed by atoms with E-state index in [2.05, 4.69) is 46.4 Å². The fourth-order valence-corrected chi connectivity index (χ4v) is 2.57. The molecule has 0 atom stereocenters. The summed E-state index contributed by atoms with van der Waals surface area (Å²) in [6, 6.07) is 8.32. The molecule has 2 aromatic heterocycles. The molecule has 0 unspecified atom stereocenters. The molecule has 0 aliphatic carbocycles. The summed E-state index contributed by atoms with van der Waals surface area (Å²) in [7, 11) is 0. The molecule has 0 fully saturated rings. The van der Waals surface area contributed by atoms with Crippen molar-refractivity contribution < 1.29 is 0 Å². The van der Waals surface area contributed by atoms with Gasteiger partial charge >= 0.3 is 0 Å². The van der Waals surface area contributed by atoms with Crippen LogP contribution in [0.3, 0.4) is 0 Å². The van der Waals surface area contributed by atoms with E-state index in [9.17, 15) is 0 Å². The maximum Gasteiger partial charge on any atom is 0.129 e. The van der Waals surface area contributed by atoms with Crippen LogP contribution in [-0.4, -0.2) is 15.2 Å². The number of rotatable bonds is 2. The molecule has 1 aromatic carbocycles. The quantitative estimate of drug-likeness (QED) is 0.740. The summed E-state index contributed by atoms with van der Waals surface area (Å²) >= 11 is 1.57. The molecule has 0 amide bonds. The van der Waals surface area contributed by atoms with Gasteiger partial charge in [-0.25, -0.2) is 4.98 Å². The molecule has 3 N–H and O–H groups in total. The van der Waals surface area contributed by atoms with E-state index in [4.69, 9.17) is 5.73 Å². The van der Waals surface area contributed by atoms with E-state index in [1.54, 1.807) is 17.5 Å². The van der Waals surface area contributed by atoms with E-state index in [-0.39, 0.29) is 0 Å². The van der Waals surface area contributed by atoms with Gasteiger partial charge in [0.05, 0.1) is 17.5 Å². The van der Waals surface area contributed by atoms with Crippen molar-refractivity contribution in [1.82, 2.24) is 15.2 Å². The summed E-state index contributed by atoms with van der Waals surface area (Å²) in [6.07, 6.45) is 1.70. The Hall–Kier alpha value is -2.14. The Morgan fingerprint density at radius 2 is 2.00 bits per heavy atom. The van der Waals surface area contributed by atoms with E-state index in [0.717, 1.165) is 21.8 Å². The van der Waals surface area contributed by atoms with Gasteiger partial charge in [0.15, 0.2) is 0 Å². The molecule has 4 nitrogen and oxygen atoms in total. The van der Waals surface area contributed by atoms with E-state index < -0.39 is 0 Å². The van der Waals surface area contributed by atoms with Gasteiger partial charge in [0.1, 0.15) is 10.8 Å². The lowest BCUT2D eigenvalue weighted by molar-refractivity contribution is 1.10. The molecule has 0 saturated heterocycles. The average Bonchev–Trinajstić information content (AvgIpc) is 2.98. The Morgan fingerprint density at radius 3 is 2.67 bits per heavy atom. The van der Waals surface area contributed by atoms with Gasteiger partial charge in [0.2, 0.25) is 0 Å². The summed E-state index contributed by atoms with van der Waals surface area (Å²) in [4.78, 5) is 4.59. The second kappa shape index (κ2) is 4.27. The zero-order valence-corrected chi connectivity index (χ0v) is 10.7. The lowest BCUT2D eigenvalue weighted by atomic mass is 10.1. The molecule has 0 saturated carbocycles. The standard InChI is InChI=1S/C13H12N4S/c1-8-2-4-9(5-3-8)11-7-18-13(16-11)10-6-15-17-12(10)14/h2-7H,1H3,(H3,14,15,17). The zero-order chi connectivity index (χ0) is 12.5. The number of H-pyrrole nitrogens is 1. The van der Waals surface area contributed by atoms with E-state index >= 15 is 0 Å². The maximum absolute atomic E-state index is 5.79. The first-order valence-electron chi connectivity index (χ1n) is 5.56. The van der Waals surface area contributed by atoms with Crippen LogP contribution in [0.25, 0.3) is 21.8 Å².